The summed E-state index contributed by atoms with van der Waals surface area (Å²) in [6.07, 6.45) is -0.687. The molecule has 606 valence electrons. The van der Waals surface area contributed by atoms with Crippen molar-refractivity contribution in [3.8, 4) is 11.5 Å². The second-order valence-electron chi connectivity index (χ2n) is 27.2. The van der Waals surface area contributed by atoms with Crippen LogP contribution in [0.2, 0.25) is 0 Å². The van der Waals surface area contributed by atoms with Crippen LogP contribution in [-0.2, 0) is 74.1 Å². The van der Waals surface area contributed by atoms with Crippen molar-refractivity contribution in [2.45, 2.75) is 52.8 Å². The van der Waals surface area contributed by atoms with Crippen molar-refractivity contribution in [1.29, 1.82) is 0 Å². The van der Waals surface area contributed by atoms with E-state index in [2.05, 4.69) is 15.8 Å². The molecule has 0 saturated carbocycles. The number of thioether (sulfide) groups is 2. The van der Waals surface area contributed by atoms with Gasteiger partial charge < -0.3 is 82.1 Å². The van der Waals surface area contributed by atoms with Crippen LogP contribution in [0.25, 0.3) is 0 Å². The number of benzene rings is 10. The van der Waals surface area contributed by atoms with Crippen LogP contribution in [0.15, 0.2) is 342 Å². The SMILES string of the molecule is COCCOCOc1ccc(C(ON=C(C(=O)NC2C(=O)N3C(C(=O)OC(c4ccccc4)c4ccccc4)=C(CSc4cc[n+](CC(=O)OC(c5ccccc5)c5ccccc5)cc4)CS[C@H]23)c2csc(NC(c3ccccc3)(c3ccccc3)c3ccccc3)n2)C(=O)OC(c2ccccc2)c2ccccc2)cc1OCOCCOC.[I-]. The highest BCUT2D eigenvalue weighted by molar-refractivity contribution is 8.01. The van der Waals surface area contributed by atoms with Crippen LogP contribution in [0, 0.1) is 0 Å². The molecule has 0 bridgehead atoms. The largest absolute Gasteiger partial charge is 1.00 e. The topological polar surface area (TPSA) is 234 Å². The number of halogens is 1. The predicted octanol–water partition coefficient (Wildman–Crippen LogP) is 12.7. The number of β-lactam (4-membered cyclic amide) rings is 1. The van der Waals surface area contributed by atoms with E-state index < -0.39 is 76.8 Å². The number of pyridine rings is 1. The Bertz CT molecular complexity index is 5140. The minimum absolute atomic E-state index is 0. The second-order valence-corrected chi connectivity index (χ2v) is 30.2. The summed E-state index contributed by atoms with van der Waals surface area (Å²) in [5, 5.41) is 12.6. The molecule has 25 heteroatoms. The lowest BCUT2D eigenvalue weighted by molar-refractivity contribution is -0.686. The molecule has 119 heavy (non-hydrogen) atoms. The average molecular weight is 1760 g/mol. The van der Waals surface area contributed by atoms with Gasteiger partial charge >= 0.3 is 17.9 Å². The molecule has 3 atom stereocenters. The number of fused-ring (bicyclic) bond motifs is 1. The van der Waals surface area contributed by atoms with E-state index in [1.807, 2.05) is 285 Å². The van der Waals surface area contributed by atoms with Gasteiger partial charge in [-0.2, -0.15) is 4.57 Å². The van der Waals surface area contributed by atoms with Crippen LogP contribution in [0.1, 0.15) is 85.7 Å². The standard InChI is InChI=1S/C94H84N6O15S3.HI/c1-106-54-56-108-63-110-78-49-48-71(58-79(78)111-64-109-57-55-107-2)87(92(105)114-86(69-38-20-7-21-39-69)70-40-22-8-23-41-70)115-98-81(77-62-118-93(95-77)97-94(73-42-24-9-25-43-73,74-44-26-10-27-45-74)75-46-28-11-29-47-75)88(102)96-82-89(103)100-83(91(104)113-85(67-34-16-5-17-35-67)68-36-18-6-19-37-68)72(61-117-90(82)100)60-116-76-50-52-99(53-51-76)59-80(101)112-84(65-30-12-3-13-31-65)66-32-14-4-15-33-66;/h3-53,58,62,82,84-87,90H,54-57,59-61,63-64H2,1-2H3,(H-,95,96,97,102);1H/t82?,87?,90-;/m1./s1. The van der Waals surface area contributed by atoms with Crippen molar-refractivity contribution in [3.05, 3.63) is 394 Å². The van der Waals surface area contributed by atoms with E-state index >= 15 is 19.2 Å². The van der Waals surface area contributed by atoms with Gasteiger partial charge in [0.05, 0.1) is 26.4 Å². The number of hydrogen-bond donors (Lipinski definition) is 2. The molecule has 0 spiro atoms. The molecule has 1 saturated heterocycles. The summed E-state index contributed by atoms with van der Waals surface area (Å²) >= 11 is 3.98. The van der Waals surface area contributed by atoms with Gasteiger partial charge in [-0.05, 0) is 67.8 Å². The smallest absolute Gasteiger partial charge is 0.373 e. The van der Waals surface area contributed by atoms with Gasteiger partial charge in [-0.1, -0.05) is 284 Å². The third-order valence-electron chi connectivity index (χ3n) is 19.5. The lowest BCUT2D eigenvalue weighted by Gasteiger charge is -2.49. The lowest BCUT2D eigenvalue weighted by Crippen LogP contribution is -3.00. The zero-order chi connectivity index (χ0) is 81.3. The van der Waals surface area contributed by atoms with E-state index in [0.717, 1.165) is 32.7 Å². The number of methoxy groups -OCH3 is 2. The molecule has 4 heterocycles. The number of oxime groups is 1. The molecule has 21 nitrogen and oxygen atoms in total. The molecule has 2 aromatic heterocycles. The van der Waals surface area contributed by atoms with E-state index in [1.165, 1.54) is 45.8 Å². The van der Waals surface area contributed by atoms with E-state index in [4.69, 9.17) is 52.5 Å². The van der Waals surface area contributed by atoms with Crippen molar-refractivity contribution in [3.63, 3.8) is 0 Å². The highest BCUT2D eigenvalue weighted by Crippen LogP contribution is 2.45. The number of ether oxygens (including phenoxy) is 9. The molecule has 0 aliphatic carbocycles. The Morgan fingerprint density at radius 2 is 0.992 bits per heavy atom. The highest BCUT2D eigenvalue weighted by atomic mass is 127. The van der Waals surface area contributed by atoms with Crippen LogP contribution in [0.3, 0.4) is 0 Å². The first-order valence-electron chi connectivity index (χ1n) is 38.2. The monoisotopic (exact) mass is 1760 g/mol. The summed E-state index contributed by atoms with van der Waals surface area (Å²) in [6.45, 7) is 0.478. The fourth-order valence-electron chi connectivity index (χ4n) is 13.7. The van der Waals surface area contributed by atoms with Crippen molar-refractivity contribution >= 4 is 75.4 Å². The average Bonchev–Trinajstić information content (AvgIpc) is 0.933. The number of anilines is 1. The Kier molecular flexibility index (Phi) is 30.4. The summed E-state index contributed by atoms with van der Waals surface area (Å²) in [6, 6.07) is 93.2. The third-order valence-corrected chi connectivity index (χ3v) is 22.7. The van der Waals surface area contributed by atoms with Gasteiger partial charge in [0.25, 0.3) is 11.8 Å². The lowest BCUT2D eigenvalue weighted by atomic mass is 9.77. The number of carbonyl (C=O) groups excluding carboxylic acids is 5. The van der Waals surface area contributed by atoms with Gasteiger partial charge in [-0.3, -0.25) is 14.5 Å². The summed E-state index contributed by atoms with van der Waals surface area (Å²) in [4.78, 5) is 90.4. The number of rotatable bonds is 39. The number of hydrogen-bond acceptors (Lipinski definition) is 21. The Morgan fingerprint density at radius 3 is 1.46 bits per heavy atom. The van der Waals surface area contributed by atoms with Gasteiger partial charge in [0.15, 0.2) is 66.6 Å². The highest BCUT2D eigenvalue weighted by Gasteiger charge is 2.55. The maximum absolute atomic E-state index is 16.0. The fourth-order valence-corrected chi connectivity index (χ4v) is 16.8. The molecule has 14 rings (SSSR count). The normalized spacial score (nSPS) is 14.1. The first-order chi connectivity index (χ1) is 58.0. The zero-order valence-corrected chi connectivity index (χ0v) is 69.5. The molecule has 2 amide bonds. The van der Waals surface area contributed by atoms with Crippen LogP contribution in [0.5, 0.6) is 11.5 Å². The molecule has 0 radical (unpaired) electrons. The second kappa shape index (κ2) is 42.6. The minimum atomic E-state index is -1.78. The van der Waals surface area contributed by atoms with Gasteiger partial charge in [0.2, 0.25) is 12.6 Å². The van der Waals surface area contributed by atoms with Gasteiger partial charge in [-0.15, -0.1) is 34.9 Å². The zero-order valence-electron chi connectivity index (χ0n) is 64.9. The first-order valence-corrected chi connectivity index (χ1v) is 41.1. The molecule has 2 aliphatic rings. The van der Waals surface area contributed by atoms with E-state index in [9.17, 15) is 4.79 Å². The van der Waals surface area contributed by atoms with E-state index in [-0.39, 0.29) is 104 Å². The number of nitrogens with zero attached hydrogens (tertiary/aromatic N) is 4. The molecule has 1 fully saturated rings. The summed E-state index contributed by atoms with van der Waals surface area (Å²) in [5.74, 6) is -2.89. The van der Waals surface area contributed by atoms with Crippen LogP contribution >= 0.6 is 34.9 Å². The van der Waals surface area contributed by atoms with Crippen LogP contribution < -0.4 is 48.7 Å². The minimum Gasteiger partial charge on any atom is -1.00 e. The number of carbonyl (C=O) groups is 5. The first kappa shape index (κ1) is 85.1. The van der Waals surface area contributed by atoms with Gasteiger partial charge in [0, 0.05) is 53.7 Å². The number of esters is 3. The van der Waals surface area contributed by atoms with E-state index in [1.54, 1.807) is 48.7 Å². The number of aromatic nitrogens is 2. The Hall–Kier alpha value is -11.8. The van der Waals surface area contributed by atoms with Crippen molar-refractivity contribution < 1.29 is 100.0 Å². The third kappa shape index (κ3) is 21.4. The maximum Gasteiger partial charge on any atom is 0.373 e. The maximum atomic E-state index is 16.0. The van der Waals surface area contributed by atoms with E-state index in [0.29, 0.717) is 39.6 Å². The number of amides is 2. The van der Waals surface area contributed by atoms with Gasteiger partial charge in [0.1, 0.15) is 28.3 Å². The predicted molar refractivity (Wildman–Crippen MR) is 450 cm³/mol. The van der Waals surface area contributed by atoms with Crippen LogP contribution in [-0.4, -0.2) is 122 Å². The molecule has 2 unspecified atom stereocenters. The Morgan fingerprint density at radius 1 is 0.546 bits per heavy atom. The van der Waals surface area contributed by atoms with Crippen molar-refractivity contribution in [1.82, 2.24) is 15.2 Å². The molecule has 10 aromatic carbocycles. The van der Waals surface area contributed by atoms with Crippen molar-refractivity contribution in [2.24, 2.45) is 5.16 Å². The summed E-state index contributed by atoms with van der Waals surface area (Å²) < 4.78 is 55.2. The number of thiazole rings is 1. The Balaban J connectivity index is 0.0000123. The molecule has 12 aromatic rings. The molecule has 2 aliphatic heterocycles. The van der Waals surface area contributed by atoms with Gasteiger partial charge in [-0.25, -0.2) is 19.4 Å². The van der Waals surface area contributed by atoms with Crippen LogP contribution in [0.4, 0.5) is 5.13 Å². The summed E-state index contributed by atoms with van der Waals surface area (Å²) in [7, 11) is 3.11. The number of nitrogens with one attached hydrogen (secondary N) is 2. The van der Waals surface area contributed by atoms with Crippen molar-refractivity contribution in [2.75, 3.05) is 71.1 Å². The molecular weight excluding hydrogens is 1680 g/mol. The molecular formula is C94H85IN6O15S3. The quantitative estimate of drug-likeness (QED) is 0.00311. The Labute approximate surface area is 719 Å². The fraction of sp³-hybridized carbons (Fsp3) is 0.191. The summed E-state index contributed by atoms with van der Waals surface area (Å²) in [5.41, 5.74) is 6.21. The molecule has 2 N–H and O–H groups in total.